The lowest BCUT2D eigenvalue weighted by molar-refractivity contribution is -0.142. The fraction of sp³-hybridized carbons (Fsp3) is 0.359. The number of hydrogen-bond acceptors (Lipinski definition) is 10. The van der Waals surface area contributed by atoms with Gasteiger partial charge in [-0.3, -0.25) is 18.9 Å². The van der Waals surface area contributed by atoms with Gasteiger partial charge in [0.2, 0.25) is 15.9 Å². The summed E-state index contributed by atoms with van der Waals surface area (Å²) in [6, 6.07) is 8.18. The number of para-hydroxylation sites is 1. The minimum Gasteiger partial charge on any atom is -0.346 e. The highest BCUT2D eigenvalue weighted by atomic mass is 32.2. The number of amides is 1. The van der Waals surface area contributed by atoms with Gasteiger partial charge < -0.3 is 15.5 Å². The second kappa shape index (κ2) is 13.2. The molecule has 2 aromatic carbocycles. The van der Waals surface area contributed by atoms with E-state index in [2.05, 4.69) is 37.0 Å². The molecule has 2 aliphatic heterocycles. The number of carbonyl (C=O) groups excluding carboxylic acids is 1. The van der Waals surface area contributed by atoms with Crippen LogP contribution < -0.4 is 20.3 Å². The van der Waals surface area contributed by atoms with Gasteiger partial charge in [0.05, 0.1) is 39.7 Å². The van der Waals surface area contributed by atoms with Crippen molar-refractivity contribution in [1.29, 1.82) is 0 Å². The van der Waals surface area contributed by atoms with Crippen molar-refractivity contribution < 1.29 is 43.9 Å². The molecule has 1 saturated carbocycles. The fourth-order valence-corrected chi connectivity index (χ4v) is 10.6. The SMILES string of the molecule is C=C1[C@@H]2c3c(C(F)(F)F)nn(CC(=O)N[C@@H](Cc4cc(F)cc(F)c4)c4nc5nc(N6CC7(CCN7)C6)sc5cc4-c4cccc5c(NS(C)(=O)=O)nn(C)c45)c3C(F)(F)[C@H]12. The number of anilines is 2. The molecule has 318 valence electrons. The molecule has 6 aromatic rings. The maximum Gasteiger partial charge on any atom is 0.435 e. The minimum atomic E-state index is -5.11. The fourth-order valence-electron chi connectivity index (χ4n) is 9.11. The van der Waals surface area contributed by atoms with Gasteiger partial charge in [0.15, 0.2) is 22.3 Å². The lowest BCUT2D eigenvalue weighted by Crippen LogP contribution is -2.75. The molecule has 3 N–H and O–H groups in total. The standard InChI is InChI=1S/C39H33F7N10O3S2/c1-17-27-28-32(39(44,45)46)51-56(33(28)38(42,43)29(17)27)14-26(57)48-24(11-18-9-19(40)12-20(41)10-18)30-23(21-5-4-6-22-31(21)54(2)52-34(22)53-61(3,58)59)13-25-35(49-30)50-36(60-25)55-15-37(16-55)7-8-47-37/h4-6,9-10,12-13,24,27,29,47H,1,7-8,11,14-16H2,2-3H3,(H,48,57)(H,52,53)/t24-,27+,29+/m0/s1. The molecule has 2 aliphatic carbocycles. The van der Waals surface area contributed by atoms with Gasteiger partial charge in [-0.15, -0.1) is 0 Å². The number of carbonyl (C=O) groups is 1. The van der Waals surface area contributed by atoms with E-state index in [1.54, 1.807) is 31.3 Å². The van der Waals surface area contributed by atoms with Crippen LogP contribution >= 0.6 is 11.3 Å². The van der Waals surface area contributed by atoms with Gasteiger partial charge in [0.25, 0.3) is 5.92 Å². The Balaban J connectivity index is 1.11. The number of alkyl halides is 5. The Morgan fingerprint density at radius 2 is 1.80 bits per heavy atom. The number of halogens is 7. The third kappa shape index (κ3) is 6.51. The van der Waals surface area contributed by atoms with Crippen LogP contribution in [0, 0.1) is 17.6 Å². The molecular formula is C39H33F7N10O3S2. The molecule has 1 amide bonds. The molecule has 4 aliphatic rings. The largest absolute Gasteiger partial charge is 0.435 e. The van der Waals surface area contributed by atoms with Crippen molar-refractivity contribution in [2.75, 3.05) is 35.5 Å². The molecule has 4 aromatic heterocycles. The van der Waals surface area contributed by atoms with E-state index in [9.17, 15) is 35.2 Å². The van der Waals surface area contributed by atoms with Gasteiger partial charge >= 0.3 is 6.18 Å². The summed E-state index contributed by atoms with van der Waals surface area (Å²) in [5.74, 6) is -9.49. The highest BCUT2D eigenvalue weighted by molar-refractivity contribution is 7.92. The first-order valence-corrected chi connectivity index (χ1v) is 21.6. The zero-order valence-electron chi connectivity index (χ0n) is 32.0. The third-order valence-corrected chi connectivity index (χ3v) is 13.4. The van der Waals surface area contributed by atoms with Crippen molar-refractivity contribution in [2.24, 2.45) is 13.0 Å². The Kier molecular flexibility index (Phi) is 8.55. The van der Waals surface area contributed by atoms with Crippen molar-refractivity contribution in [2.45, 2.75) is 49.0 Å². The number of nitrogens with one attached hydrogen (secondary N) is 3. The van der Waals surface area contributed by atoms with Crippen LogP contribution in [-0.2, 0) is 46.9 Å². The van der Waals surface area contributed by atoms with E-state index >= 15 is 8.78 Å². The topological polar surface area (TPSA) is 152 Å². The van der Waals surface area contributed by atoms with Crippen molar-refractivity contribution in [1.82, 2.24) is 40.2 Å². The van der Waals surface area contributed by atoms with E-state index in [1.807, 2.05) is 0 Å². The van der Waals surface area contributed by atoms with Crippen molar-refractivity contribution in [3.05, 3.63) is 94.5 Å². The lowest BCUT2D eigenvalue weighted by Gasteiger charge is -2.56. The summed E-state index contributed by atoms with van der Waals surface area (Å²) in [7, 11) is -2.19. The summed E-state index contributed by atoms with van der Waals surface area (Å²) in [6.45, 7) is 4.78. The van der Waals surface area contributed by atoms with E-state index in [1.165, 1.54) is 16.0 Å². The lowest BCUT2D eigenvalue weighted by atomic mass is 9.81. The number of aromatic nitrogens is 6. The summed E-state index contributed by atoms with van der Waals surface area (Å²) < 4.78 is 133. The van der Waals surface area contributed by atoms with Gasteiger partial charge in [-0.2, -0.15) is 37.1 Å². The number of allylic oxidation sites excluding steroid dienone is 1. The van der Waals surface area contributed by atoms with E-state index in [-0.39, 0.29) is 40.3 Å². The number of hydrogen-bond donors (Lipinski definition) is 3. The van der Waals surface area contributed by atoms with Crippen LogP contribution in [0.15, 0.2) is 54.6 Å². The summed E-state index contributed by atoms with van der Waals surface area (Å²) in [4.78, 5) is 25.9. The van der Waals surface area contributed by atoms with Gasteiger partial charge in [-0.1, -0.05) is 35.6 Å². The molecule has 10 rings (SSSR count). The predicted octanol–water partition coefficient (Wildman–Crippen LogP) is 6.14. The number of fused-ring (bicyclic) bond motifs is 5. The zero-order valence-corrected chi connectivity index (χ0v) is 33.7. The normalized spacial score (nSPS) is 20.4. The maximum absolute atomic E-state index is 15.7. The van der Waals surface area contributed by atoms with Gasteiger partial charge in [-0.25, -0.2) is 22.2 Å². The molecule has 0 radical (unpaired) electrons. The summed E-state index contributed by atoms with van der Waals surface area (Å²) in [5, 5.41) is 15.1. The Morgan fingerprint density at radius 3 is 2.46 bits per heavy atom. The monoisotopic (exact) mass is 886 g/mol. The highest BCUT2D eigenvalue weighted by Crippen LogP contribution is 2.71. The van der Waals surface area contributed by atoms with E-state index < -0.39 is 81.0 Å². The molecule has 2 saturated heterocycles. The number of pyridine rings is 1. The first-order chi connectivity index (χ1) is 28.7. The minimum absolute atomic E-state index is 0.0119. The number of benzene rings is 2. The third-order valence-electron chi connectivity index (χ3n) is 11.8. The number of nitrogens with zero attached hydrogens (tertiary/aromatic N) is 7. The van der Waals surface area contributed by atoms with Crippen LogP contribution in [-0.4, -0.2) is 75.3 Å². The summed E-state index contributed by atoms with van der Waals surface area (Å²) in [6.07, 6.45) is -3.46. The smallest absolute Gasteiger partial charge is 0.346 e. The summed E-state index contributed by atoms with van der Waals surface area (Å²) in [5.41, 5.74) is -1.68. The number of thiazole rings is 1. The van der Waals surface area contributed by atoms with Crippen LogP contribution in [0.5, 0.6) is 0 Å². The van der Waals surface area contributed by atoms with Crippen molar-refractivity contribution in [3.63, 3.8) is 0 Å². The Hall–Kier alpha value is -5.61. The van der Waals surface area contributed by atoms with E-state index in [0.717, 1.165) is 31.4 Å². The predicted molar refractivity (Wildman–Crippen MR) is 211 cm³/mol. The van der Waals surface area contributed by atoms with Crippen LogP contribution in [0.4, 0.5) is 41.7 Å². The van der Waals surface area contributed by atoms with Crippen LogP contribution in [0.25, 0.3) is 32.4 Å². The van der Waals surface area contributed by atoms with Gasteiger partial charge in [0, 0.05) is 54.2 Å². The zero-order chi connectivity index (χ0) is 43.1. The molecule has 0 unspecified atom stereocenters. The number of sulfonamides is 1. The second-order valence-corrected chi connectivity index (χ2v) is 18.9. The molecule has 61 heavy (non-hydrogen) atoms. The molecule has 22 heteroatoms. The molecule has 1 spiro atoms. The number of rotatable bonds is 10. The molecule has 13 nitrogen and oxygen atoms in total. The average Bonchev–Trinajstić information content (AvgIpc) is 3.43. The second-order valence-electron chi connectivity index (χ2n) is 16.1. The average molecular weight is 887 g/mol. The Labute approximate surface area is 345 Å². The van der Waals surface area contributed by atoms with Crippen LogP contribution in [0.3, 0.4) is 0 Å². The maximum atomic E-state index is 15.7. The van der Waals surface area contributed by atoms with Crippen molar-refractivity contribution >= 4 is 59.5 Å². The van der Waals surface area contributed by atoms with Crippen molar-refractivity contribution in [3.8, 4) is 11.1 Å². The molecule has 3 atom stereocenters. The number of aryl methyl sites for hydroxylation is 1. The van der Waals surface area contributed by atoms with Crippen LogP contribution in [0.1, 0.15) is 46.6 Å². The molecule has 6 heterocycles. The van der Waals surface area contributed by atoms with Gasteiger partial charge in [0.1, 0.15) is 23.9 Å². The van der Waals surface area contributed by atoms with E-state index in [0.29, 0.717) is 55.7 Å². The Morgan fingerprint density at radius 1 is 1.08 bits per heavy atom. The van der Waals surface area contributed by atoms with Gasteiger partial charge in [-0.05, 0) is 49.2 Å². The first-order valence-electron chi connectivity index (χ1n) is 18.9. The quantitative estimate of drug-likeness (QED) is 0.109. The molecule has 3 fully saturated rings. The summed E-state index contributed by atoms with van der Waals surface area (Å²) >= 11 is 1.35. The highest BCUT2D eigenvalue weighted by Gasteiger charge is 2.71. The molecule has 0 bridgehead atoms. The van der Waals surface area contributed by atoms with E-state index in [4.69, 9.17) is 9.97 Å². The first kappa shape index (κ1) is 39.5. The van der Waals surface area contributed by atoms with Crippen LogP contribution in [0.2, 0.25) is 0 Å². The Bertz CT molecular complexity index is 2970. The molecular weight excluding hydrogens is 854 g/mol.